The summed E-state index contributed by atoms with van der Waals surface area (Å²) in [4.78, 5) is 0. The number of benzene rings is 1. The van der Waals surface area contributed by atoms with E-state index in [4.69, 9.17) is 12.2 Å². The zero-order chi connectivity index (χ0) is 17.5. The molecule has 0 atom stereocenters. The van der Waals surface area contributed by atoms with E-state index in [9.17, 15) is 8.78 Å². The summed E-state index contributed by atoms with van der Waals surface area (Å²) in [5.74, 6) is 0.0653. The lowest BCUT2D eigenvalue weighted by atomic mass is 10.2. The van der Waals surface area contributed by atoms with Crippen molar-refractivity contribution < 1.29 is 13.5 Å². The average molecular weight is 419 g/mol. The van der Waals surface area contributed by atoms with Crippen LogP contribution in [0.2, 0.25) is 0 Å². The molecule has 0 radical (unpaired) electrons. The molecule has 24 heavy (non-hydrogen) atoms. The first-order valence-corrected chi connectivity index (χ1v) is 8.42. The monoisotopic (exact) mass is 418 g/mol. The summed E-state index contributed by atoms with van der Waals surface area (Å²) >= 11 is 8.52. The normalized spacial score (nSPS) is 10.7. The molecule has 1 aromatic carbocycles. The Labute approximate surface area is 152 Å². The number of nitrogens with zero attached hydrogens (tertiary/aromatic N) is 2. The standard InChI is InChI=1S/C15H17BrF2N4OS/c1-10-3-4-12(13(7-10)23-14(17)18)21-15(24)19-5-2-6-22-9-11(16)8-20-22/h3-4,7-9,14H,2,5-6H2,1H3,(H2,19,21,24). The molecule has 5 nitrogen and oxygen atoms in total. The van der Waals surface area contributed by atoms with Crippen LogP contribution in [0.1, 0.15) is 12.0 Å². The van der Waals surface area contributed by atoms with Gasteiger partial charge in [-0.05, 0) is 59.2 Å². The molecule has 0 aliphatic heterocycles. The second kappa shape index (κ2) is 8.93. The second-order valence-electron chi connectivity index (χ2n) is 5.03. The third-order valence-corrected chi connectivity index (χ3v) is 3.71. The predicted octanol–water partition coefficient (Wildman–Crippen LogP) is 3.93. The highest BCUT2D eigenvalue weighted by atomic mass is 79.9. The molecule has 1 heterocycles. The Morgan fingerprint density at radius 3 is 2.92 bits per heavy atom. The fourth-order valence-corrected chi connectivity index (χ4v) is 2.54. The van der Waals surface area contributed by atoms with Crippen molar-refractivity contribution in [3.8, 4) is 5.75 Å². The number of hydrogen-bond donors (Lipinski definition) is 2. The number of ether oxygens (including phenoxy) is 1. The third-order valence-electron chi connectivity index (χ3n) is 3.05. The third kappa shape index (κ3) is 6.04. The van der Waals surface area contributed by atoms with Crippen molar-refractivity contribution in [1.82, 2.24) is 15.1 Å². The van der Waals surface area contributed by atoms with E-state index < -0.39 is 6.61 Å². The van der Waals surface area contributed by atoms with E-state index in [1.54, 1.807) is 25.3 Å². The van der Waals surface area contributed by atoms with Crippen molar-refractivity contribution in [1.29, 1.82) is 0 Å². The zero-order valence-corrected chi connectivity index (χ0v) is 15.3. The van der Waals surface area contributed by atoms with Gasteiger partial charge >= 0.3 is 6.61 Å². The Morgan fingerprint density at radius 1 is 1.46 bits per heavy atom. The maximum absolute atomic E-state index is 12.5. The number of halogens is 3. The van der Waals surface area contributed by atoms with Gasteiger partial charge in [0, 0.05) is 19.3 Å². The minimum Gasteiger partial charge on any atom is -0.433 e. The second-order valence-corrected chi connectivity index (χ2v) is 6.36. The number of hydrogen-bond acceptors (Lipinski definition) is 3. The minimum atomic E-state index is -2.89. The molecule has 0 fully saturated rings. The van der Waals surface area contributed by atoms with Crippen LogP contribution in [0.4, 0.5) is 14.5 Å². The van der Waals surface area contributed by atoms with E-state index in [1.165, 1.54) is 6.07 Å². The quantitative estimate of drug-likeness (QED) is 0.526. The van der Waals surface area contributed by atoms with Crippen LogP contribution < -0.4 is 15.4 Å². The van der Waals surface area contributed by atoms with Gasteiger partial charge in [-0.1, -0.05) is 6.07 Å². The van der Waals surface area contributed by atoms with E-state index >= 15 is 0 Å². The highest BCUT2D eigenvalue weighted by Gasteiger charge is 2.11. The number of aryl methyl sites for hydroxylation is 2. The number of rotatable bonds is 7. The molecule has 0 aliphatic carbocycles. The highest BCUT2D eigenvalue weighted by molar-refractivity contribution is 9.10. The molecule has 0 saturated carbocycles. The van der Waals surface area contributed by atoms with Gasteiger partial charge in [0.05, 0.1) is 16.4 Å². The Morgan fingerprint density at radius 2 is 2.25 bits per heavy atom. The first kappa shape index (κ1) is 18.6. The molecule has 1 aromatic heterocycles. The van der Waals surface area contributed by atoms with E-state index in [-0.39, 0.29) is 5.75 Å². The summed E-state index contributed by atoms with van der Waals surface area (Å²) in [6, 6.07) is 4.98. The molecule has 2 aromatic rings. The van der Waals surface area contributed by atoms with Crippen molar-refractivity contribution in [2.24, 2.45) is 0 Å². The fraction of sp³-hybridized carbons (Fsp3) is 0.333. The lowest BCUT2D eigenvalue weighted by Gasteiger charge is -2.15. The van der Waals surface area contributed by atoms with Crippen LogP contribution in [-0.4, -0.2) is 28.0 Å². The molecule has 130 valence electrons. The topological polar surface area (TPSA) is 51.1 Å². The molecule has 0 spiro atoms. The fourth-order valence-electron chi connectivity index (χ4n) is 2.00. The van der Waals surface area contributed by atoms with Gasteiger partial charge in [-0.15, -0.1) is 0 Å². The van der Waals surface area contributed by atoms with E-state index in [0.29, 0.717) is 17.3 Å². The Hall–Kier alpha value is -1.74. The average Bonchev–Trinajstić information content (AvgIpc) is 2.91. The summed E-state index contributed by atoms with van der Waals surface area (Å²) in [5, 5.41) is 10.4. The number of anilines is 1. The Balaban J connectivity index is 1.81. The van der Waals surface area contributed by atoms with Crippen LogP contribution in [0.15, 0.2) is 35.1 Å². The van der Waals surface area contributed by atoms with Crippen LogP contribution in [-0.2, 0) is 6.54 Å². The van der Waals surface area contributed by atoms with E-state index in [2.05, 4.69) is 36.4 Å². The summed E-state index contributed by atoms with van der Waals surface area (Å²) in [6.45, 7) is 0.278. The van der Waals surface area contributed by atoms with Crippen molar-refractivity contribution >= 4 is 38.9 Å². The van der Waals surface area contributed by atoms with Crippen LogP contribution in [0.5, 0.6) is 5.75 Å². The molecular weight excluding hydrogens is 402 g/mol. The maximum atomic E-state index is 12.5. The van der Waals surface area contributed by atoms with Gasteiger partial charge in [-0.25, -0.2) is 0 Å². The van der Waals surface area contributed by atoms with E-state index in [1.807, 2.05) is 10.9 Å². The predicted molar refractivity (Wildman–Crippen MR) is 96.6 cm³/mol. The number of aromatic nitrogens is 2. The first-order chi connectivity index (χ1) is 11.4. The number of thiocarbonyl (C=S) groups is 1. The minimum absolute atomic E-state index is 0.0653. The molecule has 0 amide bonds. The molecule has 0 aliphatic rings. The summed E-state index contributed by atoms with van der Waals surface area (Å²) < 4.78 is 32.2. The number of nitrogens with one attached hydrogen (secondary N) is 2. The van der Waals surface area contributed by atoms with Gasteiger partial charge in [-0.2, -0.15) is 13.9 Å². The number of alkyl halides is 2. The lowest BCUT2D eigenvalue weighted by Crippen LogP contribution is -2.30. The van der Waals surface area contributed by atoms with Gasteiger partial charge in [0.2, 0.25) is 0 Å². The highest BCUT2D eigenvalue weighted by Crippen LogP contribution is 2.27. The largest absolute Gasteiger partial charge is 0.433 e. The molecule has 2 N–H and O–H groups in total. The van der Waals surface area contributed by atoms with Crippen molar-refractivity contribution in [3.63, 3.8) is 0 Å². The van der Waals surface area contributed by atoms with Gasteiger partial charge in [0.1, 0.15) is 5.75 Å². The summed E-state index contributed by atoms with van der Waals surface area (Å²) in [5.41, 5.74) is 1.22. The molecule has 2 rings (SSSR count). The maximum Gasteiger partial charge on any atom is 0.387 e. The lowest BCUT2D eigenvalue weighted by molar-refractivity contribution is -0.0493. The molecule has 9 heteroatoms. The van der Waals surface area contributed by atoms with Gasteiger partial charge < -0.3 is 15.4 Å². The van der Waals surface area contributed by atoms with Gasteiger partial charge in [-0.3, -0.25) is 4.68 Å². The van der Waals surface area contributed by atoms with Crippen LogP contribution in [0.3, 0.4) is 0 Å². The molecule has 0 bridgehead atoms. The van der Waals surface area contributed by atoms with Crippen LogP contribution in [0.25, 0.3) is 0 Å². The van der Waals surface area contributed by atoms with Crippen molar-refractivity contribution in [2.45, 2.75) is 26.5 Å². The summed E-state index contributed by atoms with van der Waals surface area (Å²) in [6.07, 6.45) is 4.42. The smallest absolute Gasteiger partial charge is 0.387 e. The van der Waals surface area contributed by atoms with Crippen LogP contribution >= 0.6 is 28.1 Å². The van der Waals surface area contributed by atoms with Crippen molar-refractivity contribution in [2.75, 3.05) is 11.9 Å². The molecule has 0 saturated heterocycles. The van der Waals surface area contributed by atoms with Gasteiger partial charge in [0.15, 0.2) is 5.11 Å². The SMILES string of the molecule is Cc1ccc(NC(=S)NCCCn2cc(Br)cn2)c(OC(F)F)c1. The molecular formula is C15H17BrF2N4OS. The van der Waals surface area contributed by atoms with Crippen LogP contribution in [0, 0.1) is 6.92 Å². The first-order valence-electron chi connectivity index (χ1n) is 7.22. The Kier molecular flexibility index (Phi) is 6.92. The summed E-state index contributed by atoms with van der Waals surface area (Å²) in [7, 11) is 0. The zero-order valence-electron chi connectivity index (χ0n) is 12.9. The van der Waals surface area contributed by atoms with E-state index in [0.717, 1.165) is 23.0 Å². The van der Waals surface area contributed by atoms with Crippen molar-refractivity contribution in [3.05, 3.63) is 40.6 Å². The molecule has 0 unspecified atom stereocenters. The van der Waals surface area contributed by atoms with Gasteiger partial charge in [0.25, 0.3) is 0 Å². The Bertz CT molecular complexity index is 696.